The zero-order valence-electron chi connectivity index (χ0n) is 15.4. The van der Waals surface area contributed by atoms with Gasteiger partial charge in [-0.1, -0.05) is 0 Å². The van der Waals surface area contributed by atoms with E-state index in [2.05, 4.69) is 5.10 Å². The first kappa shape index (κ1) is 18.2. The van der Waals surface area contributed by atoms with Crippen LogP contribution in [-0.2, 0) is 27.4 Å². The van der Waals surface area contributed by atoms with Gasteiger partial charge in [0, 0.05) is 13.0 Å². The minimum Gasteiger partial charge on any atom is -0.481 e. The van der Waals surface area contributed by atoms with Crippen molar-refractivity contribution in [2.24, 2.45) is 5.92 Å². The maximum Gasteiger partial charge on any atom is 0.410 e. The summed E-state index contributed by atoms with van der Waals surface area (Å²) in [5.74, 6) is -1.94. The second-order valence-electron chi connectivity index (χ2n) is 7.86. The van der Waals surface area contributed by atoms with Crippen LogP contribution in [0, 0.1) is 5.92 Å². The summed E-state index contributed by atoms with van der Waals surface area (Å²) >= 11 is 0. The fourth-order valence-corrected chi connectivity index (χ4v) is 3.28. The summed E-state index contributed by atoms with van der Waals surface area (Å²) in [4.78, 5) is 39.0. The molecule has 0 bridgehead atoms. The Morgan fingerprint density at radius 2 is 2.00 bits per heavy atom. The van der Waals surface area contributed by atoms with Crippen LogP contribution in [0.3, 0.4) is 0 Å². The average molecular weight is 364 g/mol. The Bertz CT molecular complexity index is 751. The molecular formula is C17H24N4O5. The first-order chi connectivity index (χ1) is 12.1. The van der Waals surface area contributed by atoms with Crippen molar-refractivity contribution in [1.82, 2.24) is 14.7 Å². The van der Waals surface area contributed by atoms with Crippen molar-refractivity contribution in [3.05, 3.63) is 11.9 Å². The molecular weight excluding hydrogens is 340 g/mol. The number of amides is 2. The fraction of sp³-hybridized carbons (Fsp3) is 0.647. The second kappa shape index (κ2) is 6.30. The molecule has 1 N–H and O–H groups in total. The number of fused-ring (bicyclic) bond motifs is 1. The summed E-state index contributed by atoms with van der Waals surface area (Å²) in [6, 6.07) is -0.105. The quantitative estimate of drug-likeness (QED) is 0.852. The number of carbonyl (C=O) groups is 3. The maximum absolute atomic E-state index is 12.5. The zero-order chi connectivity index (χ0) is 19.2. The SMILES string of the molecule is C[C@H]1Cn2ncc(N3C[C@H](C(=O)O)CC3=O)c2CN1C(=O)OC(C)(C)C. The molecule has 1 aromatic heterocycles. The molecule has 0 aliphatic carbocycles. The fourth-order valence-electron chi connectivity index (χ4n) is 3.28. The summed E-state index contributed by atoms with van der Waals surface area (Å²) in [7, 11) is 0. The van der Waals surface area contributed by atoms with Gasteiger partial charge in [-0.2, -0.15) is 5.10 Å². The van der Waals surface area contributed by atoms with Gasteiger partial charge in [0.2, 0.25) is 5.91 Å². The Hall–Kier alpha value is -2.58. The molecule has 2 atom stereocenters. The lowest BCUT2D eigenvalue weighted by atomic mass is 10.1. The smallest absolute Gasteiger partial charge is 0.410 e. The molecule has 3 heterocycles. The van der Waals surface area contributed by atoms with Crippen LogP contribution in [0.1, 0.15) is 39.8 Å². The van der Waals surface area contributed by atoms with Crippen LogP contribution >= 0.6 is 0 Å². The first-order valence-electron chi connectivity index (χ1n) is 8.64. The van der Waals surface area contributed by atoms with E-state index in [0.29, 0.717) is 17.9 Å². The number of carboxylic acid groups (broad SMARTS) is 1. The van der Waals surface area contributed by atoms with Gasteiger partial charge in [0.15, 0.2) is 0 Å². The van der Waals surface area contributed by atoms with Crippen LogP contribution in [0.4, 0.5) is 10.5 Å². The highest BCUT2D eigenvalue weighted by molar-refractivity contribution is 5.99. The predicted octanol–water partition coefficient (Wildman–Crippen LogP) is 1.46. The monoisotopic (exact) mass is 364 g/mol. The van der Waals surface area contributed by atoms with Gasteiger partial charge in [-0.3, -0.25) is 19.2 Å². The van der Waals surface area contributed by atoms with E-state index in [4.69, 9.17) is 4.74 Å². The highest BCUT2D eigenvalue weighted by Gasteiger charge is 2.39. The highest BCUT2D eigenvalue weighted by Crippen LogP contribution is 2.32. The highest BCUT2D eigenvalue weighted by atomic mass is 16.6. The van der Waals surface area contributed by atoms with Gasteiger partial charge in [-0.05, 0) is 27.7 Å². The van der Waals surface area contributed by atoms with E-state index >= 15 is 0 Å². The average Bonchev–Trinajstić information content (AvgIpc) is 3.07. The van der Waals surface area contributed by atoms with Crippen molar-refractivity contribution < 1.29 is 24.2 Å². The van der Waals surface area contributed by atoms with Crippen LogP contribution in [0.5, 0.6) is 0 Å². The summed E-state index contributed by atoms with van der Waals surface area (Å²) < 4.78 is 7.24. The van der Waals surface area contributed by atoms with Crippen LogP contribution in [0.25, 0.3) is 0 Å². The van der Waals surface area contributed by atoms with Crippen molar-refractivity contribution in [3.8, 4) is 0 Å². The molecule has 2 aliphatic heterocycles. The van der Waals surface area contributed by atoms with Crippen LogP contribution in [-0.4, -0.2) is 55.9 Å². The Balaban J connectivity index is 1.84. The van der Waals surface area contributed by atoms with Gasteiger partial charge < -0.3 is 14.7 Å². The summed E-state index contributed by atoms with van der Waals surface area (Å²) in [5, 5.41) is 13.5. The van der Waals surface area contributed by atoms with E-state index in [1.54, 1.807) is 15.8 Å². The Morgan fingerprint density at radius 3 is 2.58 bits per heavy atom. The number of rotatable bonds is 2. The lowest BCUT2D eigenvalue weighted by Gasteiger charge is -2.36. The number of aliphatic carboxylic acids is 1. The first-order valence-corrected chi connectivity index (χ1v) is 8.64. The number of anilines is 1. The molecule has 1 saturated heterocycles. The summed E-state index contributed by atoms with van der Waals surface area (Å²) in [6.45, 7) is 8.20. The van der Waals surface area contributed by atoms with Gasteiger partial charge >= 0.3 is 12.1 Å². The van der Waals surface area contributed by atoms with Gasteiger partial charge in [0.05, 0.1) is 42.6 Å². The molecule has 0 saturated carbocycles. The normalized spacial score (nSPS) is 23.2. The number of carboxylic acids is 1. The van der Waals surface area contributed by atoms with Gasteiger partial charge in [-0.25, -0.2) is 4.79 Å². The third-order valence-electron chi connectivity index (χ3n) is 4.61. The molecule has 2 amide bonds. The second-order valence-corrected chi connectivity index (χ2v) is 7.86. The van der Waals surface area contributed by atoms with E-state index in [-0.39, 0.29) is 31.5 Å². The van der Waals surface area contributed by atoms with Crippen molar-refractivity contribution in [2.75, 3.05) is 11.4 Å². The van der Waals surface area contributed by atoms with E-state index in [1.807, 2.05) is 27.7 Å². The Morgan fingerprint density at radius 1 is 1.31 bits per heavy atom. The Kier molecular flexibility index (Phi) is 4.41. The standard InChI is InChI=1S/C17H24N4O5/c1-10-7-21-13(9-19(10)16(25)26-17(2,3)4)12(6-18-21)20-8-11(15(23)24)5-14(20)22/h6,10-11H,5,7-9H2,1-4H3,(H,23,24)/t10-,11+/m0/s1. The molecule has 9 heteroatoms. The summed E-state index contributed by atoms with van der Waals surface area (Å²) in [6.07, 6.45) is 1.13. The van der Waals surface area contributed by atoms with Crippen LogP contribution in [0.2, 0.25) is 0 Å². The third-order valence-corrected chi connectivity index (χ3v) is 4.61. The van der Waals surface area contributed by atoms with Crippen molar-refractivity contribution >= 4 is 23.7 Å². The molecule has 9 nitrogen and oxygen atoms in total. The van der Waals surface area contributed by atoms with Crippen molar-refractivity contribution in [2.45, 2.75) is 58.8 Å². The number of hydrogen-bond acceptors (Lipinski definition) is 5. The minimum atomic E-state index is -0.981. The largest absolute Gasteiger partial charge is 0.481 e. The number of ether oxygens (including phenoxy) is 1. The molecule has 0 spiro atoms. The van der Waals surface area contributed by atoms with Gasteiger partial charge in [0.1, 0.15) is 5.60 Å². The topological polar surface area (TPSA) is 105 Å². The molecule has 3 rings (SSSR count). The lowest BCUT2D eigenvalue weighted by molar-refractivity contribution is -0.141. The number of nitrogens with zero attached hydrogens (tertiary/aromatic N) is 4. The molecule has 26 heavy (non-hydrogen) atoms. The maximum atomic E-state index is 12.5. The van der Waals surface area contributed by atoms with Crippen LogP contribution in [0.15, 0.2) is 6.20 Å². The molecule has 1 aromatic rings. The summed E-state index contributed by atoms with van der Waals surface area (Å²) in [5.41, 5.74) is 0.685. The van der Waals surface area contributed by atoms with Crippen molar-refractivity contribution in [3.63, 3.8) is 0 Å². The molecule has 2 aliphatic rings. The molecule has 0 radical (unpaired) electrons. The van der Waals surface area contributed by atoms with E-state index < -0.39 is 23.6 Å². The molecule has 0 aromatic carbocycles. The van der Waals surface area contributed by atoms with Crippen molar-refractivity contribution in [1.29, 1.82) is 0 Å². The molecule has 0 unspecified atom stereocenters. The predicted molar refractivity (Wildman–Crippen MR) is 91.6 cm³/mol. The number of carbonyl (C=O) groups excluding carboxylic acids is 2. The molecule has 1 fully saturated rings. The van der Waals surface area contributed by atoms with E-state index in [1.165, 1.54) is 4.90 Å². The molecule has 142 valence electrons. The van der Waals surface area contributed by atoms with E-state index in [9.17, 15) is 19.5 Å². The van der Waals surface area contributed by atoms with Gasteiger partial charge in [-0.15, -0.1) is 0 Å². The van der Waals surface area contributed by atoms with Crippen LogP contribution < -0.4 is 4.90 Å². The minimum absolute atomic E-state index is 0.0217. The lowest BCUT2D eigenvalue weighted by Crippen LogP contribution is -2.47. The number of hydrogen-bond donors (Lipinski definition) is 1. The number of aromatic nitrogens is 2. The third kappa shape index (κ3) is 3.38. The van der Waals surface area contributed by atoms with E-state index in [0.717, 1.165) is 0 Å². The Labute approximate surface area is 151 Å². The zero-order valence-corrected chi connectivity index (χ0v) is 15.4. The van der Waals surface area contributed by atoms with Gasteiger partial charge in [0.25, 0.3) is 0 Å².